The summed E-state index contributed by atoms with van der Waals surface area (Å²) in [6.45, 7) is 2.71. The molecule has 0 aliphatic heterocycles. The summed E-state index contributed by atoms with van der Waals surface area (Å²) < 4.78 is 5.96. The number of hydrogen-bond donors (Lipinski definition) is 2. The Balaban J connectivity index is 1.74. The lowest BCUT2D eigenvalue weighted by atomic mass is 10.1. The predicted octanol–water partition coefficient (Wildman–Crippen LogP) is 3.43. The first-order valence-corrected chi connectivity index (χ1v) is 7.74. The van der Waals surface area contributed by atoms with E-state index in [2.05, 4.69) is 16.4 Å². The fraction of sp³-hybridized carbons (Fsp3) is 0.211. The van der Waals surface area contributed by atoms with E-state index in [0.29, 0.717) is 13.2 Å². The van der Waals surface area contributed by atoms with Crippen LogP contribution in [0.5, 0.6) is 5.75 Å². The van der Waals surface area contributed by atoms with E-state index in [1.165, 1.54) is 12.5 Å². The molecule has 0 aliphatic rings. The molecule has 4 heteroatoms. The van der Waals surface area contributed by atoms with Crippen LogP contribution in [-0.2, 0) is 17.8 Å². The molecule has 1 aromatic heterocycles. The zero-order valence-corrected chi connectivity index (χ0v) is 13.1. The maximum absolute atomic E-state index is 11.0. The van der Waals surface area contributed by atoms with Gasteiger partial charge >= 0.3 is 0 Å². The number of para-hydroxylation sites is 1. The van der Waals surface area contributed by atoms with Crippen LogP contribution in [0.15, 0.2) is 54.7 Å². The number of H-pyrrole nitrogens is 1. The predicted molar refractivity (Wildman–Crippen MR) is 91.5 cm³/mol. The fourth-order valence-corrected chi connectivity index (χ4v) is 2.62. The van der Waals surface area contributed by atoms with Crippen LogP contribution in [0.3, 0.4) is 0 Å². The lowest BCUT2D eigenvalue weighted by Gasteiger charge is -2.08. The molecule has 118 valence electrons. The molecule has 0 radical (unpaired) electrons. The molecular weight excluding hydrogens is 288 g/mol. The molecular formula is C19H20N2O2. The summed E-state index contributed by atoms with van der Waals surface area (Å²) in [4.78, 5) is 14.3. The van der Waals surface area contributed by atoms with E-state index in [1.807, 2.05) is 48.7 Å². The van der Waals surface area contributed by atoms with Gasteiger partial charge in [-0.15, -0.1) is 0 Å². The molecule has 2 N–H and O–H groups in total. The quantitative estimate of drug-likeness (QED) is 0.733. The maximum Gasteiger partial charge on any atom is 0.216 e. The number of carbonyl (C=O) groups is 1. The standard InChI is InChI=1S/C19H20N2O2/c1-14(22)20-11-10-16-12-21-19-17(16)8-5-9-18(19)23-13-15-6-3-2-4-7-15/h2-9,12,21H,10-11,13H2,1H3,(H,20,22). The van der Waals surface area contributed by atoms with Crippen molar-refractivity contribution in [3.8, 4) is 5.75 Å². The van der Waals surface area contributed by atoms with Crippen molar-refractivity contribution < 1.29 is 9.53 Å². The summed E-state index contributed by atoms with van der Waals surface area (Å²) in [5, 5.41) is 3.97. The number of aromatic amines is 1. The van der Waals surface area contributed by atoms with Crippen molar-refractivity contribution in [2.45, 2.75) is 20.0 Å². The molecule has 23 heavy (non-hydrogen) atoms. The average molecular weight is 308 g/mol. The van der Waals surface area contributed by atoms with Crippen LogP contribution in [-0.4, -0.2) is 17.4 Å². The third kappa shape index (κ3) is 3.72. The molecule has 0 spiro atoms. The van der Waals surface area contributed by atoms with Crippen molar-refractivity contribution in [3.63, 3.8) is 0 Å². The smallest absolute Gasteiger partial charge is 0.216 e. The van der Waals surface area contributed by atoms with Gasteiger partial charge in [-0.3, -0.25) is 4.79 Å². The monoisotopic (exact) mass is 308 g/mol. The van der Waals surface area contributed by atoms with Gasteiger partial charge < -0.3 is 15.0 Å². The van der Waals surface area contributed by atoms with Crippen molar-refractivity contribution in [3.05, 3.63) is 65.9 Å². The summed E-state index contributed by atoms with van der Waals surface area (Å²) in [7, 11) is 0. The number of aromatic nitrogens is 1. The average Bonchev–Trinajstić information content (AvgIpc) is 2.97. The molecule has 1 amide bonds. The number of benzene rings is 2. The van der Waals surface area contributed by atoms with Gasteiger partial charge in [0.05, 0.1) is 5.52 Å². The minimum atomic E-state index is -0.00303. The number of amides is 1. The van der Waals surface area contributed by atoms with Crippen LogP contribution in [0.4, 0.5) is 0 Å². The van der Waals surface area contributed by atoms with E-state index < -0.39 is 0 Å². The minimum absolute atomic E-state index is 0.00303. The summed E-state index contributed by atoms with van der Waals surface area (Å²) >= 11 is 0. The summed E-state index contributed by atoms with van der Waals surface area (Å²) in [6.07, 6.45) is 2.78. The van der Waals surface area contributed by atoms with Crippen LogP contribution in [0.2, 0.25) is 0 Å². The number of fused-ring (bicyclic) bond motifs is 1. The van der Waals surface area contributed by atoms with Gasteiger partial charge in [0.15, 0.2) is 0 Å². The Morgan fingerprint density at radius 3 is 2.74 bits per heavy atom. The number of rotatable bonds is 6. The summed E-state index contributed by atoms with van der Waals surface area (Å²) in [5.74, 6) is 0.842. The maximum atomic E-state index is 11.0. The second-order valence-corrected chi connectivity index (χ2v) is 5.50. The van der Waals surface area contributed by atoms with E-state index in [4.69, 9.17) is 4.74 Å². The highest BCUT2D eigenvalue weighted by atomic mass is 16.5. The molecule has 0 fully saturated rings. The highest BCUT2D eigenvalue weighted by Gasteiger charge is 2.08. The second-order valence-electron chi connectivity index (χ2n) is 5.50. The summed E-state index contributed by atoms with van der Waals surface area (Å²) in [5.41, 5.74) is 3.32. The first-order chi connectivity index (χ1) is 11.2. The second kappa shape index (κ2) is 7.01. The molecule has 0 atom stereocenters. The molecule has 0 bridgehead atoms. The topological polar surface area (TPSA) is 54.1 Å². The van der Waals surface area contributed by atoms with Crippen molar-refractivity contribution in [1.29, 1.82) is 0 Å². The number of hydrogen-bond acceptors (Lipinski definition) is 2. The fourth-order valence-electron chi connectivity index (χ4n) is 2.62. The van der Waals surface area contributed by atoms with Crippen LogP contribution in [0.25, 0.3) is 10.9 Å². The van der Waals surface area contributed by atoms with Gasteiger partial charge in [0.1, 0.15) is 12.4 Å². The highest BCUT2D eigenvalue weighted by molar-refractivity contribution is 5.88. The Kier molecular flexibility index (Phi) is 4.62. The molecule has 3 rings (SSSR count). The molecule has 0 unspecified atom stereocenters. The van der Waals surface area contributed by atoms with Crippen molar-refractivity contribution in [2.75, 3.05) is 6.54 Å². The normalized spacial score (nSPS) is 10.7. The zero-order valence-electron chi connectivity index (χ0n) is 13.1. The van der Waals surface area contributed by atoms with E-state index in [0.717, 1.165) is 28.6 Å². The van der Waals surface area contributed by atoms with Crippen LogP contribution in [0.1, 0.15) is 18.1 Å². The van der Waals surface area contributed by atoms with Crippen LogP contribution in [0, 0.1) is 0 Å². The van der Waals surface area contributed by atoms with Gasteiger partial charge in [0.2, 0.25) is 5.91 Å². The third-order valence-electron chi connectivity index (χ3n) is 3.77. The van der Waals surface area contributed by atoms with Crippen molar-refractivity contribution in [1.82, 2.24) is 10.3 Å². The molecule has 4 nitrogen and oxygen atoms in total. The van der Waals surface area contributed by atoms with E-state index in [-0.39, 0.29) is 5.91 Å². The molecule has 1 heterocycles. The largest absolute Gasteiger partial charge is 0.487 e. The summed E-state index contributed by atoms with van der Waals surface area (Å²) in [6, 6.07) is 16.2. The molecule has 0 aliphatic carbocycles. The molecule has 0 saturated carbocycles. The number of ether oxygens (including phenoxy) is 1. The van der Waals surface area contributed by atoms with Gasteiger partial charge in [-0.25, -0.2) is 0 Å². The van der Waals surface area contributed by atoms with Crippen LogP contribution >= 0.6 is 0 Å². The van der Waals surface area contributed by atoms with Gasteiger partial charge in [0.25, 0.3) is 0 Å². The Hall–Kier alpha value is -2.75. The lowest BCUT2D eigenvalue weighted by Crippen LogP contribution is -2.22. The highest BCUT2D eigenvalue weighted by Crippen LogP contribution is 2.28. The first kappa shape index (κ1) is 15.2. The molecule has 3 aromatic rings. The number of carbonyl (C=O) groups excluding carboxylic acids is 1. The zero-order chi connectivity index (χ0) is 16.1. The van der Waals surface area contributed by atoms with Crippen molar-refractivity contribution >= 4 is 16.8 Å². The van der Waals surface area contributed by atoms with Crippen LogP contribution < -0.4 is 10.1 Å². The van der Waals surface area contributed by atoms with Crippen molar-refractivity contribution in [2.24, 2.45) is 0 Å². The lowest BCUT2D eigenvalue weighted by molar-refractivity contribution is -0.118. The Morgan fingerprint density at radius 1 is 1.13 bits per heavy atom. The number of nitrogens with one attached hydrogen (secondary N) is 2. The van der Waals surface area contributed by atoms with Gasteiger partial charge in [-0.2, -0.15) is 0 Å². The van der Waals surface area contributed by atoms with E-state index in [1.54, 1.807) is 0 Å². The van der Waals surface area contributed by atoms with Gasteiger partial charge in [0, 0.05) is 25.1 Å². The molecule has 2 aromatic carbocycles. The van der Waals surface area contributed by atoms with Gasteiger partial charge in [-0.05, 0) is 23.6 Å². The SMILES string of the molecule is CC(=O)NCCc1c[nH]c2c(OCc3ccccc3)cccc12. The van der Waals surface area contributed by atoms with Gasteiger partial charge in [-0.1, -0.05) is 42.5 Å². The minimum Gasteiger partial charge on any atom is -0.487 e. The Labute approximate surface area is 135 Å². The third-order valence-corrected chi connectivity index (χ3v) is 3.77. The molecule has 0 saturated heterocycles. The van der Waals surface area contributed by atoms with E-state index >= 15 is 0 Å². The Morgan fingerprint density at radius 2 is 1.96 bits per heavy atom. The first-order valence-electron chi connectivity index (χ1n) is 7.74. The Bertz CT molecular complexity index is 793. The van der Waals surface area contributed by atoms with E-state index in [9.17, 15) is 4.79 Å².